The molecule has 4 rings (SSSR count). The van der Waals surface area contributed by atoms with Crippen molar-refractivity contribution in [3.63, 3.8) is 0 Å². The van der Waals surface area contributed by atoms with Gasteiger partial charge in [0, 0.05) is 11.1 Å². The van der Waals surface area contributed by atoms with Crippen molar-refractivity contribution in [2.24, 2.45) is 0 Å². The largest absolute Gasteiger partial charge is 0.394 e. The van der Waals surface area contributed by atoms with E-state index in [1.807, 2.05) is 44.2 Å². The van der Waals surface area contributed by atoms with Crippen molar-refractivity contribution in [2.75, 3.05) is 13.2 Å². The Hall–Kier alpha value is -1.80. The molecule has 2 aliphatic rings. The van der Waals surface area contributed by atoms with E-state index in [1.54, 1.807) is 0 Å². The Morgan fingerprint density at radius 2 is 1.43 bits per heavy atom. The molecule has 162 valence electrons. The average molecular weight is 414 g/mol. The molecule has 2 heterocycles. The normalized spacial score (nSPS) is 30.0. The smallest absolute Gasteiger partial charge is 0.185 e. The number of hydrogen-bond donors (Lipinski definition) is 2. The zero-order valence-electron chi connectivity index (χ0n) is 17.9. The summed E-state index contributed by atoms with van der Waals surface area (Å²) in [5, 5.41) is 19.9. The lowest BCUT2D eigenvalue weighted by molar-refractivity contribution is -0.107. The van der Waals surface area contributed by atoms with Gasteiger partial charge in [0.2, 0.25) is 0 Å². The zero-order valence-corrected chi connectivity index (χ0v) is 17.9. The molecule has 0 radical (unpaired) electrons. The van der Waals surface area contributed by atoms with E-state index in [-0.39, 0.29) is 0 Å². The summed E-state index contributed by atoms with van der Waals surface area (Å²) < 4.78 is 24.3. The molecule has 0 spiro atoms. The lowest BCUT2D eigenvalue weighted by Crippen LogP contribution is -2.44. The van der Waals surface area contributed by atoms with Crippen molar-refractivity contribution >= 4 is 0 Å². The minimum absolute atomic E-state index is 0.319. The lowest BCUT2D eigenvalue weighted by Gasteiger charge is -2.24. The van der Waals surface area contributed by atoms with Gasteiger partial charge < -0.3 is 29.2 Å². The van der Waals surface area contributed by atoms with Crippen LogP contribution in [0.5, 0.6) is 0 Å². The van der Waals surface area contributed by atoms with Gasteiger partial charge in [-0.15, -0.1) is 0 Å². The molecule has 2 fully saturated rings. The van der Waals surface area contributed by atoms with Gasteiger partial charge in [0.1, 0.15) is 24.4 Å². The average Bonchev–Trinajstić information content (AvgIpc) is 3.39. The molecule has 0 aliphatic carbocycles. The molecule has 2 unspecified atom stereocenters. The quantitative estimate of drug-likeness (QED) is 0.783. The van der Waals surface area contributed by atoms with Crippen LogP contribution < -0.4 is 0 Å². The second kappa shape index (κ2) is 8.75. The molecule has 0 bridgehead atoms. The topological polar surface area (TPSA) is 77.4 Å². The molecule has 0 aromatic heterocycles. The molecule has 6 heteroatoms. The molecule has 2 aromatic rings. The number of hydrogen-bond acceptors (Lipinski definition) is 6. The van der Waals surface area contributed by atoms with Crippen molar-refractivity contribution < 1.29 is 29.2 Å². The first-order valence-corrected chi connectivity index (χ1v) is 10.4. The number of rotatable bonds is 5. The molecule has 2 N–H and O–H groups in total. The van der Waals surface area contributed by atoms with E-state index in [0.29, 0.717) is 6.61 Å². The molecule has 0 saturated carbocycles. The highest BCUT2D eigenvalue weighted by Crippen LogP contribution is 2.39. The van der Waals surface area contributed by atoms with Gasteiger partial charge in [-0.25, -0.2) is 0 Å². The number of benzene rings is 2. The first kappa shape index (κ1) is 21.4. The van der Waals surface area contributed by atoms with Crippen LogP contribution in [-0.2, 0) is 18.9 Å². The number of aliphatic hydroxyl groups is 2. The van der Waals surface area contributed by atoms with Gasteiger partial charge in [0.15, 0.2) is 12.6 Å². The van der Waals surface area contributed by atoms with Crippen molar-refractivity contribution in [3.8, 4) is 0 Å². The van der Waals surface area contributed by atoms with Crippen LogP contribution >= 0.6 is 0 Å². The second-order valence-electron chi connectivity index (χ2n) is 8.31. The fourth-order valence-corrected chi connectivity index (χ4v) is 3.93. The Morgan fingerprint density at radius 3 is 2.00 bits per heavy atom. The Labute approximate surface area is 177 Å². The SMILES string of the molecule is Cc1ccc(C2O[C@H]([C@H](O)CO)[C@@H]([C@@H]3COC(c4ccc(C)c(C)c4)O3)O2)cc1C. The summed E-state index contributed by atoms with van der Waals surface area (Å²) in [5.74, 6) is 0. The molecule has 6 nitrogen and oxygen atoms in total. The van der Waals surface area contributed by atoms with E-state index in [1.165, 1.54) is 16.7 Å². The third kappa shape index (κ3) is 4.17. The van der Waals surface area contributed by atoms with Crippen molar-refractivity contribution in [3.05, 3.63) is 69.8 Å². The standard InChI is InChI=1S/C24H30O6/c1-13-5-7-17(9-15(13)3)23-27-12-20(28-23)22-21(19(26)11-25)29-24(30-22)18-8-6-14(2)16(4)10-18/h5-10,19-26H,11-12H2,1-4H3/t19-,20+,21-,22-,23?,24?/m1/s1. The fourth-order valence-electron chi connectivity index (χ4n) is 3.93. The van der Waals surface area contributed by atoms with Gasteiger partial charge in [0.25, 0.3) is 0 Å². The summed E-state index contributed by atoms with van der Waals surface area (Å²) >= 11 is 0. The maximum absolute atomic E-state index is 10.4. The van der Waals surface area contributed by atoms with Crippen LogP contribution in [0.25, 0.3) is 0 Å². The summed E-state index contributed by atoms with van der Waals surface area (Å²) in [5.41, 5.74) is 6.53. The van der Waals surface area contributed by atoms with Crippen molar-refractivity contribution in [1.82, 2.24) is 0 Å². The van der Waals surface area contributed by atoms with Gasteiger partial charge >= 0.3 is 0 Å². The van der Waals surface area contributed by atoms with E-state index in [2.05, 4.69) is 19.9 Å². The van der Waals surface area contributed by atoms with Gasteiger partial charge in [-0.05, 0) is 49.9 Å². The third-order valence-corrected chi connectivity index (χ3v) is 6.13. The first-order chi connectivity index (χ1) is 14.4. The Bertz CT molecular complexity index is 897. The molecule has 0 amide bonds. The van der Waals surface area contributed by atoms with Crippen molar-refractivity contribution in [2.45, 2.75) is 64.7 Å². The monoisotopic (exact) mass is 414 g/mol. The van der Waals surface area contributed by atoms with Crippen LogP contribution in [0.15, 0.2) is 36.4 Å². The van der Waals surface area contributed by atoms with Gasteiger partial charge in [-0.3, -0.25) is 0 Å². The highest BCUT2D eigenvalue weighted by Gasteiger charge is 2.48. The van der Waals surface area contributed by atoms with Gasteiger partial charge in [0.05, 0.1) is 13.2 Å². The molecule has 2 aliphatic heterocycles. The summed E-state index contributed by atoms with van der Waals surface area (Å²) in [6.07, 6.45) is -3.89. The maximum atomic E-state index is 10.4. The van der Waals surface area contributed by atoms with Crippen LogP contribution in [0.4, 0.5) is 0 Å². The van der Waals surface area contributed by atoms with E-state index < -0.39 is 43.6 Å². The highest BCUT2D eigenvalue weighted by molar-refractivity contribution is 5.32. The van der Waals surface area contributed by atoms with Crippen molar-refractivity contribution in [1.29, 1.82) is 0 Å². The van der Waals surface area contributed by atoms with E-state index in [0.717, 1.165) is 16.7 Å². The summed E-state index contributed by atoms with van der Waals surface area (Å²) in [4.78, 5) is 0. The summed E-state index contributed by atoms with van der Waals surface area (Å²) in [6.45, 7) is 8.11. The third-order valence-electron chi connectivity index (χ3n) is 6.13. The lowest BCUT2D eigenvalue weighted by atomic mass is 10.0. The predicted molar refractivity (Wildman–Crippen MR) is 111 cm³/mol. The predicted octanol–water partition coefficient (Wildman–Crippen LogP) is 3.17. The maximum Gasteiger partial charge on any atom is 0.185 e. The Morgan fingerprint density at radius 1 is 0.833 bits per heavy atom. The summed E-state index contributed by atoms with van der Waals surface area (Å²) in [6, 6.07) is 12.1. The molecule has 2 saturated heterocycles. The summed E-state index contributed by atoms with van der Waals surface area (Å²) in [7, 11) is 0. The number of aryl methyl sites for hydroxylation is 4. The second-order valence-corrected chi connectivity index (χ2v) is 8.31. The minimum atomic E-state index is -1.07. The van der Waals surface area contributed by atoms with Crippen LogP contribution in [-0.4, -0.2) is 47.8 Å². The molecule has 6 atom stereocenters. The first-order valence-electron chi connectivity index (χ1n) is 10.4. The van der Waals surface area contributed by atoms with Crippen LogP contribution in [0.2, 0.25) is 0 Å². The van der Waals surface area contributed by atoms with Gasteiger partial charge in [-0.1, -0.05) is 36.4 Å². The Kier molecular flexibility index (Phi) is 6.25. The van der Waals surface area contributed by atoms with Crippen LogP contribution in [0, 0.1) is 27.7 Å². The Balaban J connectivity index is 1.52. The molecular formula is C24H30O6. The van der Waals surface area contributed by atoms with E-state index in [4.69, 9.17) is 18.9 Å². The van der Waals surface area contributed by atoms with Crippen LogP contribution in [0.1, 0.15) is 46.0 Å². The molecule has 2 aromatic carbocycles. The zero-order chi connectivity index (χ0) is 21.4. The molecule has 30 heavy (non-hydrogen) atoms. The molecular weight excluding hydrogens is 384 g/mol. The van der Waals surface area contributed by atoms with Gasteiger partial charge in [-0.2, -0.15) is 0 Å². The number of aliphatic hydroxyl groups excluding tert-OH is 2. The highest BCUT2D eigenvalue weighted by atomic mass is 16.8. The fraction of sp³-hybridized carbons (Fsp3) is 0.500. The van der Waals surface area contributed by atoms with E-state index >= 15 is 0 Å². The van der Waals surface area contributed by atoms with Crippen LogP contribution in [0.3, 0.4) is 0 Å². The number of ether oxygens (including phenoxy) is 4. The van der Waals surface area contributed by atoms with E-state index in [9.17, 15) is 10.2 Å². The minimum Gasteiger partial charge on any atom is -0.394 e.